The monoisotopic (exact) mass is 339 g/mol. The van der Waals surface area contributed by atoms with Gasteiger partial charge in [-0.1, -0.05) is 36.8 Å². The van der Waals surface area contributed by atoms with E-state index in [0.717, 1.165) is 42.6 Å². The molecule has 1 amide bonds. The molecule has 1 aliphatic carbocycles. The second-order valence-corrected chi connectivity index (χ2v) is 6.68. The second-order valence-electron chi connectivity index (χ2n) is 6.68. The first-order valence-corrected chi connectivity index (χ1v) is 8.87. The van der Waals surface area contributed by atoms with Crippen molar-refractivity contribution in [3.63, 3.8) is 0 Å². The molecule has 2 N–H and O–H groups in total. The lowest BCUT2D eigenvalue weighted by Gasteiger charge is -2.25. The van der Waals surface area contributed by atoms with E-state index in [-0.39, 0.29) is 12.0 Å². The number of nitrogens with one attached hydrogen (secondary N) is 1. The molecule has 0 bridgehead atoms. The van der Waals surface area contributed by atoms with Crippen molar-refractivity contribution in [3.05, 3.63) is 54.1 Å². The normalized spacial score (nSPS) is 20.1. The average molecular weight is 339 g/mol. The summed E-state index contributed by atoms with van der Waals surface area (Å²) in [4.78, 5) is 12.5. The van der Waals surface area contributed by atoms with Crippen LogP contribution < -0.4 is 10.1 Å². The van der Waals surface area contributed by atoms with Gasteiger partial charge in [-0.05, 0) is 48.9 Å². The van der Waals surface area contributed by atoms with E-state index in [0.29, 0.717) is 18.0 Å². The second kappa shape index (κ2) is 8.17. The number of aliphatic hydroxyl groups excluding tert-OH is 1. The van der Waals surface area contributed by atoms with Crippen LogP contribution in [-0.4, -0.2) is 30.8 Å². The van der Waals surface area contributed by atoms with Crippen LogP contribution in [0.25, 0.3) is 11.1 Å². The minimum absolute atomic E-state index is 0.0834. The minimum atomic E-state index is -0.221. The summed E-state index contributed by atoms with van der Waals surface area (Å²) in [5.41, 5.74) is 2.55. The van der Waals surface area contributed by atoms with Gasteiger partial charge in [-0.25, -0.2) is 0 Å². The fourth-order valence-corrected chi connectivity index (χ4v) is 3.48. The number of rotatable bonds is 5. The average Bonchev–Trinajstić information content (AvgIpc) is 2.66. The van der Waals surface area contributed by atoms with Crippen molar-refractivity contribution in [1.29, 1.82) is 0 Å². The molecule has 0 spiro atoms. The van der Waals surface area contributed by atoms with Crippen molar-refractivity contribution in [2.24, 2.45) is 5.92 Å². The predicted molar refractivity (Wildman–Crippen MR) is 98.7 cm³/mol. The molecule has 2 aromatic carbocycles. The fraction of sp³-hybridized carbons (Fsp3) is 0.381. The lowest BCUT2D eigenvalue weighted by atomic mass is 9.87. The molecule has 2 atom stereocenters. The summed E-state index contributed by atoms with van der Waals surface area (Å²) in [7, 11) is 1.63. The van der Waals surface area contributed by atoms with E-state index in [4.69, 9.17) is 4.74 Å². The van der Waals surface area contributed by atoms with Crippen LogP contribution in [0.2, 0.25) is 0 Å². The van der Waals surface area contributed by atoms with E-state index in [1.807, 2.05) is 42.5 Å². The number of methoxy groups -OCH3 is 1. The maximum atomic E-state index is 12.5. The highest BCUT2D eigenvalue weighted by molar-refractivity contribution is 5.96. The van der Waals surface area contributed by atoms with Gasteiger partial charge in [-0.15, -0.1) is 0 Å². The third-order valence-corrected chi connectivity index (χ3v) is 4.85. The van der Waals surface area contributed by atoms with Gasteiger partial charge >= 0.3 is 0 Å². The Morgan fingerprint density at radius 2 is 2.00 bits per heavy atom. The van der Waals surface area contributed by atoms with Crippen LogP contribution in [0.1, 0.15) is 36.0 Å². The Morgan fingerprint density at radius 3 is 2.72 bits per heavy atom. The maximum Gasteiger partial charge on any atom is 0.251 e. The number of amides is 1. The zero-order valence-electron chi connectivity index (χ0n) is 14.6. The molecule has 1 aliphatic rings. The molecule has 0 aromatic heterocycles. The number of carbonyl (C=O) groups excluding carboxylic acids is 1. The van der Waals surface area contributed by atoms with Gasteiger partial charge in [0, 0.05) is 17.7 Å². The van der Waals surface area contributed by atoms with Crippen molar-refractivity contribution in [1.82, 2.24) is 5.32 Å². The number of hydrogen-bond donors (Lipinski definition) is 2. The SMILES string of the molecule is COc1ccc(C(=O)NCC2CCCC(O)C2)cc1-c1ccccc1. The number of benzene rings is 2. The Balaban J connectivity index is 1.72. The first kappa shape index (κ1) is 17.5. The van der Waals surface area contributed by atoms with Crippen LogP contribution in [0.4, 0.5) is 0 Å². The van der Waals surface area contributed by atoms with Crippen LogP contribution in [0, 0.1) is 5.92 Å². The van der Waals surface area contributed by atoms with Crippen LogP contribution in [0.3, 0.4) is 0 Å². The molecule has 1 saturated carbocycles. The molecule has 4 heteroatoms. The molecule has 25 heavy (non-hydrogen) atoms. The van der Waals surface area contributed by atoms with Gasteiger partial charge in [-0.2, -0.15) is 0 Å². The number of hydrogen-bond acceptors (Lipinski definition) is 3. The Morgan fingerprint density at radius 1 is 1.20 bits per heavy atom. The van der Waals surface area contributed by atoms with Gasteiger partial charge in [-0.3, -0.25) is 4.79 Å². The Hall–Kier alpha value is -2.33. The quantitative estimate of drug-likeness (QED) is 0.874. The minimum Gasteiger partial charge on any atom is -0.496 e. The molecule has 0 aliphatic heterocycles. The van der Waals surface area contributed by atoms with Gasteiger partial charge in [0.15, 0.2) is 0 Å². The third kappa shape index (κ3) is 4.40. The van der Waals surface area contributed by atoms with E-state index in [2.05, 4.69) is 5.32 Å². The van der Waals surface area contributed by atoms with Crippen molar-refractivity contribution in [2.45, 2.75) is 31.8 Å². The Labute approximate surface area is 148 Å². The molecule has 4 nitrogen and oxygen atoms in total. The van der Waals surface area contributed by atoms with Crippen molar-refractivity contribution in [2.75, 3.05) is 13.7 Å². The van der Waals surface area contributed by atoms with Crippen molar-refractivity contribution >= 4 is 5.91 Å². The standard InChI is InChI=1S/C21H25NO3/c1-25-20-11-10-17(13-19(20)16-7-3-2-4-8-16)21(24)22-14-15-6-5-9-18(23)12-15/h2-4,7-8,10-11,13,15,18,23H,5-6,9,12,14H2,1H3,(H,22,24). The smallest absolute Gasteiger partial charge is 0.251 e. The Kier molecular flexibility index (Phi) is 5.71. The topological polar surface area (TPSA) is 58.6 Å². The zero-order valence-corrected chi connectivity index (χ0v) is 14.6. The third-order valence-electron chi connectivity index (χ3n) is 4.85. The lowest BCUT2D eigenvalue weighted by Crippen LogP contribution is -2.33. The van der Waals surface area contributed by atoms with E-state index >= 15 is 0 Å². The highest BCUT2D eigenvalue weighted by Gasteiger charge is 2.21. The molecule has 0 radical (unpaired) electrons. The fourth-order valence-electron chi connectivity index (χ4n) is 3.48. The summed E-state index contributed by atoms with van der Waals surface area (Å²) >= 11 is 0. The van der Waals surface area contributed by atoms with Crippen molar-refractivity contribution < 1.29 is 14.6 Å². The van der Waals surface area contributed by atoms with E-state index < -0.39 is 0 Å². The van der Waals surface area contributed by atoms with E-state index in [9.17, 15) is 9.90 Å². The maximum absolute atomic E-state index is 12.5. The molecule has 3 rings (SSSR count). The largest absolute Gasteiger partial charge is 0.496 e. The highest BCUT2D eigenvalue weighted by atomic mass is 16.5. The summed E-state index contributed by atoms with van der Waals surface area (Å²) in [5, 5.41) is 12.8. The molecule has 132 valence electrons. The molecule has 1 fully saturated rings. The summed E-state index contributed by atoms with van der Waals surface area (Å²) in [6, 6.07) is 15.4. The first-order chi connectivity index (χ1) is 12.2. The lowest BCUT2D eigenvalue weighted by molar-refractivity contribution is 0.0874. The molecule has 2 aromatic rings. The van der Waals surface area contributed by atoms with Crippen LogP contribution in [0.15, 0.2) is 48.5 Å². The molecular weight excluding hydrogens is 314 g/mol. The first-order valence-electron chi connectivity index (χ1n) is 8.87. The number of aliphatic hydroxyl groups is 1. The van der Waals surface area contributed by atoms with Gasteiger partial charge in [0.1, 0.15) is 5.75 Å². The zero-order chi connectivity index (χ0) is 17.6. The van der Waals surface area contributed by atoms with Gasteiger partial charge < -0.3 is 15.2 Å². The van der Waals surface area contributed by atoms with Gasteiger partial charge in [0.25, 0.3) is 5.91 Å². The molecular formula is C21H25NO3. The Bertz CT molecular complexity index is 714. The predicted octanol–water partition coefficient (Wildman–Crippen LogP) is 3.64. The highest BCUT2D eigenvalue weighted by Crippen LogP contribution is 2.31. The van der Waals surface area contributed by atoms with Gasteiger partial charge in [0.05, 0.1) is 13.2 Å². The summed E-state index contributed by atoms with van der Waals surface area (Å²) in [6.45, 7) is 0.614. The van der Waals surface area contributed by atoms with E-state index in [1.54, 1.807) is 13.2 Å². The number of ether oxygens (including phenoxy) is 1. The summed E-state index contributed by atoms with van der Waals surface area (Å²) in [5.74, 6) is 1.03. The van der Waals surface area contributed by atoms with Crippen LogP contribution in [-0.2, 0) is 0 Å². The van der Waals surface area contributed by atoms with E-state index in [1.165, 1.54) is 0 Å². The van der Waals surface area contributed by atoms with Crippen LogP contribution in [0.5, 0.6) is 5.75 Å². The van der Waals surface area contributed by atoms with Gasteiger partial charge in [0.2, 0.25) is 0 Å². The molecule has 0 heterocycles. The van der Waals surface area contributed by atoms with Crippen LogP contribution >= 0.6 is 0 Å². The summed E-state index contributed by atoms with van der Waals surface area (Å²) < 4.78 is 5.44. The molecule has 2 unspecified atom stereocenters. The molecule has 0 saturated heterocycles. The van der Waals surface area contributed by atoms with Crippen molar-refractivity contribution in [3.8, 4) is 16.9 Å². The number of carbonyl (C=O) groups is 1. The summed E-state index contributed by atoms with van der Waals surface area (Å²) in [6.07, 6.45) is 3.53.